The molecule has 0 atom stereocenters. The third-order valence-corrected chi connectivity index (χ3v) is 6.98. The van der Waals surface area contributed by atoms with Crippen LogP contribution in [-0.4, -0.2) is 24.7 Å². The maximum absolute atomic E-state index is 6.12. The Balaban J connectivity index is 1.05. The van der Waals surface area contributed by atoms with E-state index in [-0.39, 0.29) is 0 Å². The van der Waals surface area contributed by atoms with E-state index in [4.69, 9.17) is 25.5 Å². The molecule has 0 aliphatic carbocycles. The number of piperidine rings is 1. The van der Waals surface area contributed by atoms with Crippen molar-refractivity contribution in [3.63, 3.8) is 0 Å². The molecule has 0 N–H and O–H groups in total. The van der Waals surface area contributed by atoms with Crippen LogP contribution < -0.4 is 14.4 Å². The molecule has 1 saturated heterocycles. The summed E-state index contributed by atoms with van der Waals surface area (Å²) in [5.41, 5.74) is 3.66. The average Bonchev–Trinajstić information content (AvgIpc) is 3.38. The van der Waals surface area contributed by atoms with Gasteiger partial charge in [0.15, 0.2) is 5.58 Å². The number of hydrogen-bond acceptors (Lipinski definition) is 5. The summed E-state index contributed by atoms with van der Waals surface area (Å²) >= 11 is 5.95. The third kappa shape index (κ3) is 5.57. The Morgan fingerprint density at radius 3 is 2.27 bits per heavy atom. The van der Waals surface area contributed by atoms with Gasteiger partial charge in [0.05, 0.1) is 6.61 Å². The number of aromatic nitrogens is 1. The largest absolute Gasteiger partial charge is 0.493 e. The first-order chi connectivity index (χ1) is 18.2. The molecule has 0 radical (unpaired) electrons. The summed E-state index contributed by atoms with van der Waals surface area (Å²) in [6.07, 6.45) is 2.28. The van der Waals surface area contributed by atoms with Crippen LogP contribution >= 0.6 is 11.6 Å². The predicted octanol–water partition coefficient (Wildman–Crippen LogP) is 8.24. The van der Waals surface area contributed by atoms with E-state index in [0.29, 0.717) is 33.9 Å². The van der Waals surface area contributed by atoms with E-state index >= 15 is 0 Å². The van der Waals surface area contributed by atoms with E-state index in [1.54, 1.807) is 12.1 Å². The van der Waals surface area contributed by atoms with Crippen LogP contribution in [0.1, 0.15) is 12.8 Å². The molecule has 1 aromatic heterocycles. The van der Waals surface area contributed by atoms with Crippen molar-refractivity contribution in [2.24, 2.45) is 5.92 Å². The van der Waals surface area contributed by atoms with Crippen LogP contribution in [0.3, 0.4) is 0 Å². The van der Waals surface area contributed by atoms with Crippen molar-refractivity contribution < 1.29 is 13.9 Å². The van der Waals surface area contributed by atoms with E-state index in [0.717, 1.165) is 49.4 Å². The van der Waals surface area contributed by atoms with Crippen molar-refractivity contribution >= 4 is 28.4 Å². The number of rotatable bonds is 7. The summed E-state index contributed by atoms with van der Waals surface area (Å²) < 4.78 is 18.1. The number of para-hydroxylation sites is 1. The lowest BCUT2D eigenvalue weighted by atomic mass is 9.97. The highest BCUT2D eigenvalue weighted by molar-refractivity contribution is 6.30. The van der Waals surface area contributed by atoms with E-state index < -0.39 is 0 Å². The number of hydrogen-bond donors (Lipinski definition) is 0. The number of ether oxygens (including phenoxy) is 2. The monoisotopic (exact) mass is 510 g/mol. The molecule has 37 heavy (non-hydrogen) atoms. The number of oxazole rings is 1. The van der Waals surface area contributed by atoms with Gasteiger partial charge in [-0.25, -0.2) is 4.98 Å². The molecule has 6 rings (SSSR count). The SMILES string of the molecule is Clc1ccc(Oc2ccc3nc(-c4ccc(OCC5CCN(c6ccccc6)CC5)cc4)oc3c2)cc1. The van der Waals surface area contributed by atoms with Crippen LogP contribution in [0.2, 0.25) is 5.02 Å². The van der Waals surface area contributed by atoms with Crippen molar-refractivity contribution in [3.05, 3.63) is 102 Å². The first-order valence-electron chi connectivity index (χ1n) is 12.6. The van der Waals surface area contributed by atoms with Gasteiger partial charge in [-0.3, -0.25) is 0 Å². The highest BCUT2D eigenvalue weighted by Gasteiger charge is 2.20. The Hall–Kier alpha value is -3.96. The van der Waals surface area contributed by atoms with Gasteiger partial charge >= 0.3 is 0 Å². The zero-order valence-corrected chi connectivity index (χ0v) is 21.1. The molecule has 0 bridgehead atoms. The molecule has 0 spiro atoms. The van der Waals surface area contributed by atoms with Gasteiger partial charge in [0, 0.05) is 35.4 Å². The second kappa shape index (κ2) is 10.6. The number of fused-ring (bicyclic) bond motifs is 1. The van der Waals surface area contributed by atoms with E-state index in [1.807, 2.05) is 54.6 Å². The van der Waals surface area contributed by atoms with Crippen LogP contribution in [0.4, 0.5) is 5.69 Å². The average molecular weight is 511 g/mol. The van der Waals surface area contributed by atoms with Gasteiger partial charge in [0.1, 0.15) is 22.8 Å². The lowest BCUT2D eigenvalue weighted by Gasteiger charge is -2.33. The Morgan fingerprint density at radius 2 is 1.51 bits per heavy atom. The second-order valence-electron chi connectivity index (χ2n) is 9.31. The fraction of sp³-hybridized carbons (Fsp3) is 0.194. The standard InChI is InChI=1S/C31H27ClN2O3/c32-24-8-12-27(13-9-24)36-28-14-15-29-30(20-28)37-31(33-29)23-6-10-26(11-7-23)35-21-22-16-18-34(19-17-22)25-4-2-1-3-5-25/h1-15,20,22H,16-19,21H2. The molecular weight excluding hydrogens is 484 g/mol. The van der Waals surface area contributed by atoms with Crippen LogP contribution in [0.15, 0.2) is 101 Å². The van der Waals surface area contributed by atoms with Gasteiger partial charge in [-0.15, -0.1) is 0 Å². The van der Waals surface area contributed by atoms with Crippen molar-refractivity contribution in [2.45, 2.75) is 12.8 Å². The number of nitrogens with zero attached hydrogens (tertiary/aromatic N) is 2. The third-order valence-electron chi connectivity index (χ3n) is 6.73. The minimum atomic E-state index is 0.568. The Morgan fingerprint density at radius 1 is 0.811 bits per heavy atom. The summed E-state index contributed by atoms with van der Waals surface area (Å²) in [5, 5.41) is 0.670. The second-order valence-corrected chi connectivity index (χ2v) is 9.74. The maximum atomic E-state index is 6.12. The molecule has 1 aliphatic heterocycles. The van der Waals surface area contributed by atoms with Gasteiger partial charge in [0.25, 0.3) is 0 Å². The maximum Gasteiger partial charge on any atom is 0.227 e. The quantitative estimate of drug-likeness (QED) is 0.220. The van der Waals surface area contributed by atoms with Crippen LogP contribution in [-0.2, 0) is 0 Å². The van der Waals surface area contributed by atoms with E-state index in [9.17, 15) is 0 Å². The van der Waals surface area contributed by atoms with Crippen LogP contribution in [0.25, 0.3) is 22.6 Å². The molecule has 0 saturated carbocycles. The van der Waals surface area contributed by atoms with Crippen molar-refractivity contribution in [2.75, 3.05) is 24.6 Å². The Labute approximate surface area is 221 Å². The van der Waals surface area contributed by atoms with Gasteiger partial charge in [-0.1, -0.05) is 29.8 Å². The highest BCUT2D eigenvalue weighted by Crippen LogP contribution is 2.31. The van der Waals surface area contributed by atoms with Crippen LogP contribution in [0, 0.1) is 5.92 Å². The molecule has 186 valence electrons. The van der Waals surface area contributed by atoms with Crippen molar-refractivity contribution in [1.82, 2.24) is 4.98 Å². The molecule has 0 amide bonds. The molecule has 2 heterocycles. The zero-order chi connectivity index (χ0) is 25.0. The number of halogens is 1. The van der Waals surface area contributed by atoms with Crippen LogP contribution in [0.5, 0.6) is 17.2 Å². The number of anilines is 1. The highest BCUT2D eigenvalue weighted by atomic mass is 35.5. The summed E-state index contributed by atoms with van der Waals surface area (Å²) in [6, 6.07) is 31.5. The van der Waals surface area contributed by atoms with E-state index in [1.165, 1.54) is 5.69 Å². The smallest absolute Gasteiger partial charge is 0.227 e. The van der Waals surface area contributed by atoms with Gasteiger partial charge in [-0.2, -0.15) is 0 Å². The molecule has 4 aromatic carbocycles. The zero-order valence-electron chi connectivity index (χ0n) is 20.3. The first kappa shape index (κ1) is 23.4. The fourth-order valence-corrected chi connectivity index (χ4v) is 4.76. The molecular formula is C31H27ClN2O3. The summed E-state index contributed by atoms with van der Waals surface area (Å²) in [4.78, 5) is 7.10. The molecule has 5 aromatic rings. The van der Waals surface area contributed by atoms with Gasteiger partial charge in [-0.05, 0) is 91.6 Å². The van der Waals surface area contributed by atoms with Crippen molar-refractivity contribution in [1.29, 1.82) is 0 Å². The summed E-state index contributed by atoms with van der Waals surface area (Å²) in [5.74, 6) is 3.39. The van der Waals surface area contributed by atoms with E-state index in [2.05, 4.69) is 40.2 Å². The predicted molar refractivity (Wildman–Crippen MR) is 148 cm³/mol. The molecule has 6 heteroatoms. The minimum Gasteiger partial charge on any atom is -0.493 e. The van der Waals surface area contributed by atoms with Gasteiger partial charge < -0.3 is 18.8 Å². The fourth-order valence-electron chi connectivity index (χ4n) is 4.64. The number of benzene rings is 4. The lowest BCUT2D eigenvalue weighted by Crippen LogP contribution is -2.35. The topological polar surface area (TPSA) is 47.7 Å². The summed E-state index contributed by atoms with van der Waals surface area (Å²) in [7, 11) is 0. The van der Waals surface area contributed by atoms with Crippen molar-refractivity contribution in [3.8, 4) is 28.7 Å². The summed E-state index contributed by atoms with van der Waals surface area (Å²) in [6.45, 7) is 2.88. The van der Waals surface area contributed by atoms with Gasteiger partial charge in [0.2, 0.25) is 5.89 Å². The molecule has 1 aliphatic rings. The molecule has 5 nitrogen and oxygen atoms in total. The normalized spacial score (nSPS) is 14.1. The Kier molecular flexibility index (Phi) is 6.70. The molecule has 1 fully saturated rings. The first-order valence-corrected chi connectivity index (χ1v) is 12.9. The molecule has 0 unspecified atom stereocenters. The minimum absolute atomic E-state index is 0.568. The Bertz CT molecular complexity index is 1460. The lowest BCUT2D eigenvalue weighted by molar-refractivity contribution is 0.223.